The lowest BCUT2D eigenvalue weighted by atomic mass is 9.94. The van der Waals surface area contributed by atoms with Gasteiger partial charge in [-0.3, -0.25) is 4.79 Å². The van der Waals surface area contributed by atoms with Gasteiger partial charge in [-0.25, -0.2) is 4.79 Å². The Hall–Kier alpha value is -2.41. The number of hydrogen-bond acceptors (Lipinski definition) is 4. The Labute approximate surface area is 172 Å². The Morgan fingerprint density at radius 2 is 1.82 bits per heavy atom. The Morgan fingerprint density at radius 1 is 1.21 bits per heavy atom. The minimum Gasteiger partial charge on any atom is -0.463 e. The monoisotopic (exact) mass is 403 g/mol. The van der Waals surface area contributed by atoms with Gasteiger partial charge in [-0.1, -0.05) is 32.9 Å². The molecule has 1 aromatic carbocycles. The maximum absolute atomic E-state index is 12.6. The van der Waals surface area contributed by atoms with E-state index in [-0.39, 0.29) is 11.9 Å². The van der Waals surface area contributed by atoms with E-state index in [4.69, 9.17) is 17.0 Å². The topological polar surface area (TPSA) is 70.7 Å². The summed E-state index contributed by atoms with van der Waals surface area (Å²) in [6, 6.07) is 7.02. The molecule has 1 aromatic rings. The number of ether oxygens (including phenoxy) is 1. The van der Waals surface area contributed by atoms with E-state index in [9.17, 15) is 9.59 Å². The number of esters is 1. The zero-order valence-electron chi connectivity index (χ0n) is 17.4. The zero-order chi connectivity index (χ0) is 21.1. The number of benzene rings is 1. The predicted octanol–water partition coefficient (Wildman–Crippen LogP) is 3.76. The molecule has 0 saturated heterocycles. The van der Waals surface area contributed by atoms with Gasteiger partial charge in [0, 0.05) is 23.3 Å². The van der Waals surface area contributed by atoms with Crippen molar-refractivity contribution in [1.29, 1.82) is 0 Å². The Bertz CT molecular complexity index is 794. The molecule has 1 atom stereocenters. The maximum Gasteiger partial charge on any atom is 0.338 e. The van der Waals surface area contributed by atoms with Gasteiger partial charge < -0.3 is 20.3 Å². The van der Waals surface area contributed by atoms with E-state index in [0.29, 0.717) is 29.5 Å². The molecule has 1 unspecified atom stereocenters. The average Bonchev–Trinajstić information content (AvgIpc) is 2.61. The second kappa shape index (κ2) is 8.73. The van der Waals surface area contributed by atoms with Crippen molar-refractivity contribution in [2.75, 3.05) is 18.5 Å². The van der Waals surface area contributed by atoms with Gasteiger partial charge >= 0.3 is 5.97 Å². The predicted molar refractivity (Wildman–Crippen MR) is 115 cm³/mol. The van der Waals surface area contributed by atoms with Crippen LogP contribution >= 0.6 is 12.2 Å². The number of nitrogens with one attached hydrogen (secondary N) is 2. The first-order chi connectivity index (χ1) is 13.1. The van der Waals surface area contributed by atoms with Crippen LogP contribution in [0.25, 0.3) is 0 Å². The summed E-state index contributed by atoms with van der Waals surface area (Å²) in [4.78, 5) is 26.7. The zero-order valence-corrected chi connectivity index (χ0v) is 18.2. The SMILES string of the molecule is CCOC(=O)C1=C(C)N(CC)C(=S)NC1c1ccc(NC(=O)C(C)(C)C)cc1. The third-order valence-corrected chi connectivity index (χ3v) is 4.93. The molecule has 1 aliphatic heterocycles. The molecular weight excluding hydrogens is 374 g/mol. The molecule has 7 heteroatoms. The summed E-state index contributed by atoms with van der Waals surface area (Å²) >= 11 is 5.48. The lowest BCUT2D eigenvalue weighted by molar-refractivity contribution is -0.139. The van der Waals surface area contributed by atoms with Crippen molar-refractivity contribution in [3.05, 3.63) is 41.1 Å². The molecule has 2 N–H and O–H groups in total. The van der Waals surface area contributed by atoms with Crippen LogP contribution in [0.2, 0.25) is 0 Å². The Morgan fingerprint density at radius 3 is 2.32 bits per heavy atom. The summed E-state index contributed by atoms with van der Waals surface area (Å²) in [5.41, 5.74) is 2.43. The first kappa shape index (κ1) is 21.9. The normalized spacial score (nSPS) is 17.3. The van der Waals surface area contributed by atoms with Crippen molar-refractivity contribution in [1.82, 2.24) is 10.2 Å². The van der Waals surface area contributed by atoms with Gasteiger partial charge in [0.1, 0.15) is 0 Å². The van der Waals surface area contributed by atoms with Gasteiger partial charge in [0.25, 0.3) is 0 Å². The second-order valence-corrected chi connectivity index (χ2v) is 8.06. The summed E-state index contributed by atoms with van der Waals surface area (Å²) in [5.74, 6) is -0.415. The molecule has 28 heavy (non-hydrogen) atoms. The average molecular weight is 404 g/mol. The van der Waals surface area contributed by atoms with Crippen LogP contribution in [0.3, 0.4) is 0 Å². The van der Waals surface area contributed by atoms with Gasteiger partial charge in [-0.05, 0) is 50.7 Å². The molecule has 1 heterocycles. The summed E-state index contributed by atoms with van der Waals surface area (Å²) in [5, 5.41) is 6.72. The number of thiocarbonyl (C=S) groups is 1. The number of rotatable bonds is 5. The van der Waals surface area contributed by atoms with Gasteiger partial charge in [0.05, 0.1) is 18.2 Å². The van der Waals surface area contributed by atoms with Crippen LogP contribution in [0.1, 0.15) is 53.1 Å². The number of hydrogen-bond donors (Lipinski definition) is 2. The van der Waals surface area contributed by atoms with Crippen molar-refractivity contribution in [2.45, 2.75) is 47.6 Å². The van der Waals surface area contributed by atoms with Crippen LogP contribution in [-0.2, 0) is 14.3 Å². The Kier molecular flexibility index (Phi) is 6.82. The van der Waals surface area contributed by atoms with Gasteiger partial charge in [-0.15, -0.1) is 0 Å². The summed E-state index contributed by atoms with van der Waals surface area (Å²) in [7, 11) is 0. The van der Waals surface area contributed by atoms with E-state index >= 15 is 0 Å². The van der Waals surface area contributed by atoms with Crippen molar-refractivity contribution in [3.8, 4) is 0 Å². The third-order valence-electron chi connectivity index (χ3n) is 4.59. The number of anilines is 1. The van der Waals surface area contributed by atoms with Crippen LogP contribution in [0.4, 0.5) is 5.69 Å². The largest absolute Gasteiger partial charge is 0.463 e. The quantitative estimate of drug-likeness (QED) is 0.576. The van der Waals surface area contributed by atoms with Crippen molar-refractivity contribution >= 4 is 34.9 Å². The van der Waals surface area contributed by atoms with E-state index in [2.05, 4.69) is 10.6 Å². The lowest BCUT2D eigenvalue weighted by Gasteiger charge is -2.37. The van der Waals surface area contributed by atoms with Crippen molar-refractivity contribution < 1.29 is 14.3 Å². The van der Waals surface area contributed by atoms with E-state index in [1.807, 2.05) is 63.8 Å². The number of allylic oxidation sites excluding steroid dienone is 1. The second-order valence-electron chi connectivity index (χ2n) is 7.67. The van der Waals surface area contributed by atoms with E-state index < -0.39 is 11.5 Å². The molecule has 0 aromatic heterocycles. The molecule has 6 nitrogen and oxygen atoms in total. The molecule has 0 radical (unpaired) electrons. The number of nitrogens with zero attached hydrogens (tertiary/aromatic N) is 1. The minimum absolute atomic E-state index is 0.0567. The van der Waals surface area contributed by atoms with Gasteiger partial charge in [0.15, 0.2) is 5.11 Å². The smallest absolute Gasteiger partial charge is 0.338 e. The highest BCUT2D eigenvalue weighted by atomic mass is 32.1. The van der Waals surface area contributed by atoms with Gasteiger partial charge in [0.2, 0.25) is 5.91 Å². The highest BCUT2D eigenvalue weighted by Crippen LogP contribution is 2.32. The molecule has 0 fully saturated rings. The molecule has 0 bridgehead atoms. The molecule has 152 valence electrons. The first-order valence-electron chi connectivity index (χ1n) is 9.47. The van der Waals surface area contributed by atoms with E-state index in [1.54, 1.807) is 6.92 Å². The fourth-order valence-electron chi connectivity index (χ4n) is 2.96. The molecule has 0 aliphatic carbocycles. The molecular formula is C21H29N3O3S. The summed E-state index contributed by atoms with van der Waals surface area (Å²) < 4.78 is 5.28. The van der Waals surface area contributed by atoms with Gasteiger partial charge in [-0.2, -0.15) is 0 Å². The molecule has 0 spiro atoms. The third kappa shape index (κ3) is 4.70. The fraction of sp³-hybridized carbons (Fsp3) is 0.476. The van der Waals surface area contributed by atoms with Crippen LogP contribution in [0.15, 0.2) is 35.5 Å². The van der Waals surface area contributed by atoms with E-state index in [1.165, 1.54) is 0 Å². The first-order valence-corrected chi connectivity index (χ1v) is 9.88. The van der Waals surface area contributed by atoms with Crippen LogP contribution in [0, 0.1) is 5.41 Å². The highest BCUT2D eigenvalue weighted by Gasteiger charge is 2.34. The number of amides is 1. The standard InChI is InChI=1S/C21H29N3O3S/c1-7-24-13(3)16(18(25)27-8-2)17(23-20(24)28)14-9-11-15(12-10-14)22-19(26)21(4,5)6/h9-12,17H,7-8H2,1-6H3,(H,22,26)(H,23,28). The van der Waals surface area contributed by atoms with Crippen LogP contribution < -0.4 is 10.6 Å². The molecule has 0 saturated carbocycles. The fourth-order valence-corrected chi connectivity index (χ4v) is 3.35. The highest BCUT2D eigenvalue weighted by molar-refractivity contribution is 7.80. The van der Waals surface area contributed by atoms with E-state index in [0.717, 1.165) is 11.3 Å². The van der Waals surface area contributed by atoms with Crippen LogP contribution in [-0.4, -0.2) is 35.0 Å². The van der Waals surface area contributed by atoms with Crippen molar-refractivity contribution in [3.63, 3.8) is 0 Å². The number of carbonyl (C=O) groups excluding carboxylic acids is 2. The summed E-state index contributed by atoms with van der Waals surface area (Å²) in [6.45, 7) is 12.2. The Balaban J connectivity index is 2.36. The lowest BCUT2D eigenvalue weighted by Crippen LogP contribution is -2.47. The summed E-state index contributed by atoms with van der Waals surface area (Å²) in [6.07, 6.45) is 0. The van der Waals surface area contributed by atoms with Crippen molar-refractivity contribution in [2.24, 2.45) is 5.41 Å². The number of carbonyl (C=O) groups is 2. The van der Waals surface area contributed by atoms with Crippen LogP contribution in [0.5, 0.6) is 0 Å². The molecule has 1 amide bonds. The molecule has 2 rings (SSSR count). The molecule has 1 aliphatic rings. The maximum atomic E-state index is 12.6. The minimum atomic E-state index is -0.476.